The van der Waals surface area contributed by atoms with Crippen LogP contribution in [0.4, 0.5) is 4.39 Å². The number of nitrogens with one attached hydrogen (secondary N) is 1. The van der Waals surface area contributed by atoms with Gasteiger partial charge in [0.1, 0.15) is 18.2 Å². The number of ether oxygens (including phenoxy) is 1. The molecule has 15 heavy (non-hydrogen) atoms. The average molecular weight is 274 g/mol. The molecule has 0 radical (unpaired) electrons. The third-order valence-electron chi connectivity index (χ3n) is 1.72. The molecule has 1 N–H and O–H groups in total. The number of hydrogen-bond acceptors (Lipinski definition) is 2. The molecule has 0 bridgehead atoms. The Labute approximate surface area is 97.3 Å². The smallest absolute Gasteiger partial charge is 0.133 e. The van der Waals surface area contributed by atoms with Crippen LogP contribution in [0, 0.1) is 5.82 Å². The second-order valence-electron chi connectivity index (χ2n) is 2.92. The molecule has 0 aliphatic heterocycles. The van der Waals surface area contributed by atoms with Crippen LogP contribution in [0.5, 0.6) is 5.75 Å². The van der Waals surface area contributed by atoms with E-state index in [0.717, 1.165) is 13.1 Å². The lowest BCUT2D eigenvalue weighted by Crippen LogP contribution is -2.20. The number of halogens is 2. The molecule has 0 amide bonds. The summed E-state index contributed by atoms with van der Waals surface area (Å²) in [5, 5.41) is 3.10. The average Bonchev–Trinajstić information content (AvgIpc) is 2.20. The maximum absolute atomic E-state index is 12.7. The van der Waals surface area contributed by atoms with Crippen LogP contribution >= 0.6 is 15.9 Å². The lowest BCUT2D eigenvalue weighted by molar-refractivity contribution is 0.314. The van der Waals surface area contributed by atoms with E-state index in [2.05, 4.69) is 27.8 Å². The zero-order chi connectivity index (χ0) is 11.1. The van der Waals surface area contributed by atoms with E-state index < -0.39 is 0 Å². The molecule has 0 aliphatic rings. The highest BCUT2D eigenvalue weighted by atomic mass is 79.9. The van der Waals surface area contributed by atoms with E-state index in [4.69, 9.17) is 4.74 Å². The zero-order valence-electron chi connectivity index (χ0n) is 8.30. The van der Waals surface area contributed by atoms with Crippen LogP contribution in [0.1, 0.15) is 0 Å². The summed E-state index contributed by atoms with van der Waals surface area (Å²) in [4.78, 5) is 0. The van der Waals surface area contributed by atoms with Gasteiger partial charge in [0.05, 0.1) is 4.47 Å². The highest BCUT2D eigenvalue weighted by Crippen LogP contribution is 2.25. The molecule has 1 rings (SSSR count). The summed E-state index contributed by atoms with van der Waals surface area (Å²) in [5.74, 6) is 0.371. The molecule has 0 atom stereocenters. The predicted octanol–water partition coefficient (Wildman–Crippen LogP) is 2.74. The number of benzene rings is 1. The summed E-state index contributed by atoms with van der Waals surface area (Å²) in [7, 11) is 0. The molecule has 0 aliphatic carbocycles. The molecule has 0 heterocycles. The van der Waals surface area contributed by atoms with Crippen molar-refractivity contribution < 1.29 is 9.13 Å². The van der Waals surface area contributed by atoms with Crippen LogP contribution in [0.15, 0.2) is 35.3 Å². The SMILES string of the molecule is C=CCNCCOc1ccc(F)cc1Br. The van der Waals surface area contributed by atoms with Crippen molar-refractivity contribution in [2.24, 2.45) is 0 Å². The molecule has 0 spiro atoms. The third-order valence-corrected chi connectivity index (χ3v) is 2.34. The van der Waals surface area contributed by atoms with Gasteiger partial charge in [0.15, 0.2) is 0 Å². The lowest BCUT2D eigenvalue weighted by atomic mass is 10.3. The summed E-state index contributed by atoms with van der Waals surface area (Å²) in [5.41, 5.74) is 0. The Morgan fingerprint density at radius 1 is 1.53 bits per heavy atom. The van der Waals surface area contributed by atoms with Crippen molar-refractivity contribution in [3.05, 3.63) is 41.1 Å². The van der Waals surface area contributed by atoms with E-state index in [1.54, 1.807) is 12.1 Å². The van der Waals surface area contributed by atoms with Crippen molar-refractivity contribution >= 4 is 15.9 Å². The fourth-order valence-corrected chi connectivity index (χ4v) is 1.49. The maximum atomic E-state index is 12.7. The van der Waals surface area contributed by atoms with Gasteiger partial charge in [-0.15, -0.1) is 6.58 Å². The van der Waals surface area contributed by atoms with Gasteiger partial charge >= 0.3 is 0 Å². The molecule has 1 aromatic carbocycles. The van der Waals surface area contributed by atoms with E-state index in [-0.39, 0.29) is 5.82 Å². The van der Waals surface area contributed by atoms with Gasteiger partial charge in [-0.2, -0.15) is 0 Å². The summed E-state index contributed by atoms with van der Waals surface area (Å²) >= 11 is 3.23. The van der Waals surface area contributed by atoms with Crippen molar-refractivity contribution in [3.8, 4) is 5.75 Å². The highest BCUT2D eigenvalue weighted by molar-refractivity contribution is 9.10. The summed E-state index contributed by atoms with van der Waals surface area (Å²) in [6, 6.07) is 4.36. The van der Waals surface area contributed by atoms with Gasteiger partial charge in [0.25, 0.3) is 0 Å². The van der Waals surface area contributed by atoms with E-state index >= 15 is 0 Å². The largest absolute Gasteiger partial charge is 0.491 e. The Hall–Kier alpha value is -0.870. The monoisotopic (exact) mass is 273 g/mol. The van der Waals surface area contributed by atoms with Gasteiger partial charge in [-0.3, -0.25) is 0 Å². The topological polar surface area (TPSA) is 21.3 Å². The molecular weight excluding hydrogens is 261 g/mol. The molecule has 4 heteroatoms. The van der Waals surface area contributed by atoms with Crippen LogP contribution in [-0.2, 0) is 0 Å². The minimum Gasteiger partial charge on any atom is -0.491 e. The lowest BCUT2D eigenvalue weighted by Gasteiger charge is -2.08. The summed E-state index contributed by atoms with van der Waals surface area (Å²) < 4.78 is 18.8. The normalized spacial score (nSPS) is 10.0. The van der Waals surface area contributed by atoms with Gasteiger partial charge in [-0.1, -0.05) is 6.08 Å². The Morgan fingerprint density at radius 2 is 2.33 bits per heavy atom. The van der Waals surface area contributed by atoms with Crippen LogP contribution < -0.4 is 10.1 Å². The van der Waals surface area contributed by atoms with Crippen LogP contribution in [0.3, 0.4) is 0 Å². The second-order valence-corrected chi connectivity index (χ2v) is 3.77. The Balaban J connectivity index is 2.34. The molecule has 0 saturated heterocycles. The van der Waals surface area contributed by atoms with E-state index in [1.165, 1.54) is 12.1 Å². The quantitative estimate of drug-likeness (QED) is 0.636. The molecular formula is C11H13BrFNO. The fraction of sp³-hybridized carbons (Fsp3) is 0.273. The van der Waals surface area contributed by atoms with Gasteiger partial charge in [-0.05, 0) is 34.1 Å². The van der Waals surface area contributed by atoms with Crippen molar-refractivity contribution in [3.63, 3.8) is 0 Å². The first-order valence-electron chi connectivity index (χ1n) is 4.63. The molecule has 0 saturated carbocycles. The van der Waals surface area contributed by atoms with Gasteiger partial charge in [0.2, 0.25) is 0 Å². The first-order valence-corrected chi connectivity index (χ1v) is 5.43. The molecule has 1 aromatic rings. The van der Waals surface area contributed by atoms with Crippen molar-refractivity contribution in [2.45, 2.75) is 0 Å². The van der Waals surface area contributed by atoms with Crippen LogP contribution in [0.2, 0.25) is 0 Å². The first-order chi connectivity index (χ1) is 7.24. The number of hydrogen-bond donors (Lipinski definition) is 1. The third kappa shape index (κ3) is 4.44. The Morgan fingerprint density at radius 3 is 3.00 bits per heavy atom. The van der Waals surface area contributed by atoms with Crippen LogP contribution in [-0.4, -0.2) is 19.7 Å². The van der Waals surface area contributed by atoms with Gasteiger partial charge in [-0.25, -0.2) is 4.39 Å². The predicted molar refractivity (Wildman–Crippen MR) is 62.7 cm³/mol. The minimum absolute atomic E-state index is 0.279. The van der Waals surface area contributed by atoms with Crippen molar-refractivity contribution in [1.82, 2.24) is 5.32 Å². The maximum Gasteiger partial charge on any atom is 0.133 e. The molecule has 0 unspecified atom stereocenters. The highest BCUT2D eigenvalue weighted by Gasteiger charge is 2.01. The fourth-order valence-electron chi connectivity index (χ4n) is 1.03. The molecule has 82 valence electrons. The first kappa shape index (κ1) is 12.2. The Kier molecular flexibility index (Phi) is 5.36. The van der Waals surface area contributed by atoms with Crippen molar-refractivity contribution in [1.29, 1.82) is 0 Å². The number of rotatable bonds is 6. The van der Waals surface area contributed by atoms with Gasteiger partial charge in [0, 0.05) is 13.1 Å². The van der Waals surface area contributed by atoms with E-state index in [1.807, 2.05) is 0 Å². The standard InChI is InChI=1S/C11H13BrFNO/c1-2-5-14-6-7-15-11-4-3-9(13)8-10(11)12/h2-4,8,14H,1,5-7H2. The summed E-state index contributed by atoms with van der Waals surface area (Å²) in [6.07, 6.45) is 1.79. The molecule has 2 nitrogen and oxygen atoms in total. The van der Waals surface area contributed by atoms with Crippen LogP contribution in [0.25, 0.3) is 0 Å². The molecule has 0 fully saturated rings. The van der Waals surface area contributed by atoms with Crippen molar-refractivity contribution in [2.75, 3.05) is 19.7 Å². The second kappa shape index (κ2) is 6.58. The zero-order valence-corrected chi connectivity index (χ0v) is 9.89. The minimum atomic E-state index is -0.279. The van der Waals surface area contributed by atoms with E-state index in [9.17, 15) is 4.39 Å². The van der Waals surface area contributed by atoms with E-state index in [0.29, 0.717) is 16.8 Å². The Bertz CT molecular complexity index is 330. The van der Waals surface area contributed by atoms with Gasteiger partial charge < -0.3 is 10.1 Å². The molecule has 0 aromatic heterocycles. The summed E-state index contributed by atoms with van der Waals surface area (Å²) in [6.45, 7) is 5.62.